The molecule has 0 spiro atoms. The van der Waals surface area contributed by atoms with Crippen molar-refractivity contribution in [3.05, 3.63) is 0 Å². The number of hydrogen-bond acceptors (Lipinski definition) is 2. The second-order valence-corrected chi connectivity index (χ2v) is 6.74. The Bertz CT molecular complexity index is 247. The fourth-order valence-electron chi connectivity index (χ4n) is 4.25. The van der Waals surface area contributed by atoms with Crippen LogP contribution < -0.4 is 5.73 Å². The molecule has 17 heavy (non-hydrogen) atoms. The molecule has 2 nitrogen and oxygen atoms in total. The van der Waals surface area contributed by atoms with Gasteiger partial charge in [-0.2, -0.15) is 0 Å². The highest BCUT2D eigenvalue weighted by molar-refractivity contribution is 5.02. The molecule has 1 aliphatic carbocycles. The smallest absolute Gasteiger partial charge is 0.0469 e. The molecule has 2 fully saturated rings. The summed E-state index contributed by atoms with van der Waals surface area (Å²) in [4.78, 5) is 0. The molecule has 100 valence electrons. The zero-order valence-corrected chi connectivity index (χ0v) is 11.7. The van der Waals surface area contributed by atoms with Gasteiger partial charge in [-0.15, -0.1) is 0 Å². The van der Waals surface area contributed by atoms with E-state index in [1.54, 1.807) is 0 Å². The van der Waals surface area contributed by atoms with E-state index in [1.807, 2.05) is 0 Å². The molecule has 0 radical (unpaired) electrons. The van der Waals surface area contributed by atoms with Crippen molar-refractivity contribution >= 4 is 0 Å². The Balaban J connectivity index is 2.15. The molecule has 0 amide bonds. The van der Waals surface area contributed by atoms with Crippen molar-refractivity contribution in [2.45, 2.75) is 58.4 Å². The molecular formula is C15H29NO. The van der Waals surface area contributed by atoms with Crippen molar-refractivity contribution in [3.63, 3.8) is 0 Å². The lowest BCUT2D eigenvalue weighted by molar-refractivity contribution is -0.0122. The van der Waals surface area contributed by atoms with E-state index < -0.39 is 0 Å². The third-order valence-corrected chi connectivity index (χ3v) is 5.15. The monoisotopic (exact) mass is 239 g/mol. The molecule has 1 saturated carbocycles. The molecule has 0 bridgehead atoms. The summed E-state index contributed by atoms with van der Waals surface area (Å²) in [5.74, 6) is 2.92. The third kappa shape index (κ3) is 2.68. The van der Waals surface area contributed by atoms with Gasteiger partial charge in [0.05, 0.1) is 0 Å². The van der Waals surface area contributed by atoms with Gasteiger partial charge in [-0.1, -0.05) is 27.2 Å². The number of hydrogen-bond donors (Lipinski definition) is 1. The van der Waals surface area contributed by atoms with Gasteiger partial charge in [0.25, 0.3) is 0 Å². The standard InChI is InChI=1S/C15H29NO/c1-11(2)14-5-4-12(3)10-15(14,16)13-6-8-17-9-7-13/h11-14H,4-10,16H2,1-3H3. The maximum atomic E-state index is 6.91. The first kappa shape index (κ1) is 13.4. The fraction of sp³-hybridized carbons (Fsp3) is 1.00. The number of rotatable bonds is 2. The van der Waals surface area contributed by atoms with E-state index in [2.05, 4.69) is 20.8 Å². The molecule has 1 aliphatic heterocycles. The fourth-order valence-corrected chi connectivity index (χ4v) is 4.25. The summed E-state index contributed by atoms with van der Waals surface area (Å²) in [6, 6.07) is 0. The molecule has 0 aromatic heterocycles. The molecule has 0 aromatic carbocycles. The van der Waals surface area contributed by atoms with Gasteiger partial charge in [0.2, 0.25) is 0 Å². The Morgan fingerprint density at radius 3 is 2.35 bits per heavy atom. The Morgan fingerprint density at radius 2 is 1.76 bits per heavy atom. The Kier molecular flexibility index (Phi) is 4.14. The largest absolute Gasteiger partial charge is 0.381 e. The molecule has 1 saturated heterocycles. The molecule has 2 rings (SSSR count). The van der Waals surface area contributed by atoms with E-state index in [9.17, 15) is 0 Å². The highest BCUT2D eigenvalue weighted by Crippen LogP contribution is 2.46. The molecule has 0 aromatic rings. The summed E-state index contributed by atoms with van der Waals surface area (Å²) >= 11 is 0. The van der Waals surface area contributed by atoms with Crippen LogP contribution in [0, 0.1) is 23.7 Å². The van der Waals surface area contributed by atoms with Crippen molar-refractivity contribution in [3.8, 4) is 0 Å². The predicted molar refractivity (Wildman–Crippen MR) is 71.8 cm³/mol. The van der Waals surface area contributed by atoms with Gasteiger partial charge in [-0.3, -0.25) is 0 Å². The highest BCUT2D eigenvalue weighted by atomic mass is 16.5. The Hall–Kier alpha value is -0.0800. The SMILES string of the molecule is CC1CCC(C(C)C)C(N)(C2CCOCC2)C1. The topological polar surface area (TPSA) is 35.2 Å². The van der Waals surface area contributed by atoms with Crippen LogP contribution in [0.1, 0.15) is 52.9 Å². The van der Waals surface area contributed by atoms with Crippen LogP contribution in [0.15, 0.2) is 0 Å². The van der Waals surface area contributed by atoms with Crippen LogP contribution in [0.25, 0.3) is 0 Å². The maximum Gasteiger partial charge on any atom is 0.0469 e. The van der Waals surface area contributed by atoms with E-state index in [0.29, 0.717) is 11.8 Å². The maximum absolute atomic E-state index is 6.91. The van der Waals surface area contributed by atoms with Crippen LogP contribution in [0.4, 0.5) is 0 Å². The van der Waals surface area contributed by atoms with Crippen LogP contribution in [-0.2, 0) is 4.74 Å². The molecular weight excluding hydrogens is 210 g/mol. The van der Waals surface area contributed by atoms with Crippen molar-refractivity contribution < 1.29 is 4.74 Å². The van der Waals surface area contributed by atoms with E-state index in [1.165, 1.54) is 32.1 Å². The minimum Gasteiger partial charge on any atom is -0.381 e. The number of nitrogens with two attached hydrogens (primary N) is 1. The minimum atomic E-state index is 0.0790. The van der Waals surface area contributed by atoms with Crippen molar-refractivity contribution in [2.75, 3.05) is 13.2 Å². The summed E-state index contributed by atoms with van der Waals surface area (Å²) in [7, 11) is 0. The lowest BCUT2D eigenvalue weighted by atomic mass is 9.59. The molecule has 1 heterocycles. The summed E-state index contributed by atoms with van der Waals surface area (Å²) in [5.41, 5.74) is 6.99. The average Bonchev–Trinajstić information content (AvgIpc) is 2.29. The van der Waals surface area contributed by atoms with Gasteiger partial charge in [0.1, 0.15) is 0 Å². The van der Waals surface area contributed by atoms with E-state index in [4.69, 9.17) is 10.5 Å². The predicted octanol–water partition coefficient (Wildman–Crippen LogP) is 3.20. The Labute approximate surface area is 106 Å². The second-order valence-electron chi connectivity index (χ2n) is 6.74. The molecule has 3 atom stereocenters. The molecule has 2 heteroatoms. The normalized spacial score (nSPS) is 40.8. The number of ether oxygens (including phenoxy) is 1. The van der Waals surface area contributed by atoms with Gasteiger partial charge in [0.15, 0.2) is 0 Å². The van der Waals surface area contributed by atoms with Crippen molar-refractivity contribution in [2.24, 2.45) is 29.4 Å². The lowest BCUT2D eigenvalue weighted by Gasteiger charge is -2.51. The Morgan fingerprint density at radius 1 is 1.12 bits per heavy atom. The highest BCUT2D eigenvalue weighted by Gasteiger charge is 2.46. The van der Waals surface area contributed by atoms with Crippen LogP contribution >= 0.6 is 0 Å². The van der Waals surface area contributed by atoms with Gasteiger partial charge < -0.3 is 10.5 Å². The van der Waals surface area contributed by atoms with Gasteiger partial charge in [-0.05, 0) is 49.4 Å². The second kappa shape index (κ2) is 5.27. The van der Waals surface area contributed by atoms with Crippen molar-refractivity contribution in [1.82, 2.24) is 0 Å². The summed E-state index contributed by atoms with van der Waals surface area (Å²) in [5, 5.41) is 0. The van der Waals surface area contributed by atoms with Crippen LogP contribution in [0.3, 0.4) is 0 Å². The van der Waals surface area contributed by atoms with Crippen LogP contribution in [0.5, 0.6) is 0 Å². The van der Waals surface area contributed by atoms with Crippen LogP contribution in [-0.4, -0.2) is 18.8 Å². The van der Waals surface area contributed by atoms with Gasteiger partial charge >= 0.3 is 0 Å². The molecule has 2 N–H and O–H groups in total. The summed E-state index contributed by atoms with van der Waals surface area (Å²) in [6.45, 7) is 8.91. The van der Waals surface area contributed by atoms with E-state index in [-0.39, 0.29) is 5.54 Å². The summed E-state index contributed by atoms with van der Waals surface area (Å²) < 4.78 is 5.50. The minimum absolute atomic E-state index is 0.0790. The summed E-state index contributed by atoms with van der Waals surface area (Å²) in [6.07, 6.45) is 6.26. The average molecular weight is 239 g/mol. The van der Waals surface area contributed by atoms with Gasteiger partial charge in [-0.25, -0.2) is 0 Å². The zero-order chi connectivity index (χ0) is 12.5. The lowest BCUT2D eigenvalue weighted by Crippen LogP contribution is -2.59. The first-order valence-electron chi connectivity index (χ1n) is 7.40. The van der Waals surface area contributed by atoms with Gasteiger partial charge in [0, 0.05) is 18.8 Å². The quantitative estimate of drug-likeness (QED) is 0.803. The molecule has 3 unspecified atom stereocenters. The van der Waals surface area contributed by atoms with E-state index >= 15 is 0 Å². The molecule has 2 aliphatic rings. The van der Waals surface area contributed by atoms with E-state index in [0.717, 1.165) is 25.0 Å². The van der Waals surface area contributed by atoms with Crippen molar-refractivity contribution in [1.29, 1.82) is 0 Å². The van der Waals surface area contributed by atoms with Crippen LogP contribution in [0.2, 0.25) is 0 Å². The first-order valence-corrected chi connectivity index (χ1v) is 7.40. The third-order valence-electron chi connectivity index (χ3n) is 5.15. The first-order chi connectivity index (χ1) is 8.04. The zero-order valence-electron chi connectivity index (χ0n) is 11.7.